The Kier molecular flexibility index (Phi) is 4.53. The molecule has 18 heavy (non-hydrogen) atoms. The molecule has 0 aliphatic heterocycles. The van der Waals surface area contributed by atoms with Gasteiger partial charge in [-0.15, -0.1) is 0 Å². The lowest BCUT2D eigenvalue weighted by molar-refractivity contribution is 0.309. The van der Waals surface area contributed by atoms with Crippen molar-refractivity contribution in [3.05, 3.63) is 42.7 Å². The maximum absolute atomic E-state index is 5.62. The Bertz CT molecular complexity index is 473. The van der Waals surface area contributed by atoms with E-state index in [1.807, 2.05) is 30.3 Å². The van der Waals surface area contributed by atoms with Crippen LogP contribution in [0.15, 0.2) is 42.7 Å². The molecule has 0 saturated carbocycles. The molecule has 4 nitrogen and oxygen atoms in total. The molecule has 0 bridgehead atoms. The van der Waals surface area contributed by atoms with Crippen LogP contribution in [0.4, 0.5) is 11.6 Å². The van der Waals surface area contributed by atoms with Crippen LogP contribution in [0.2, 0.25) is 0 Å². The van der Waals surface area contributed by atoms with Crippen LogP contribution < -0.4 is 10.1 Å². The highest BCUT2D eigenvalue weighted by molar-refractivity contribution is 5.52. The zero-order chi connectivity index (χ0) is 12.6. The number of rotatable bonds is 6. The van der Waals surface area contributed by atoms with E-state index < -0.39 is 0 Å². The van der Waals surface area contributed by atoms with Gasteiger partial charge in [0, 0.05) is 18.5 Å². The number of nitrogens with one attached hydrogen (secondary N) is 1. The van der Waals surface area contributed by atoms with E-state index in [0.717, 1.165) is 36.8 Å². The number of ether oxygens (including phenoxy) is 1. The summed E-state index contributed by atoms with van der Waals surface area (Å²) in [7, 11) is 0. The number of pyridine rings is 2. The van der Waals surface area contributed by atoms with E-state index in [-0.39, 0.29) is 0 Å². The Morgan fingerprint density at radius 2 is 2.00 bits per heavy atom. The van der Waals surface area contributed by atoms with Gasteiger partial charge < -0.3 is 10.1 Å². The minimum atomic E-state index is 0.739. The maximum Gasteiger partial charge on any atom is 0.135 e. The molecule has 0 aliphatic rings. The predicted molar refractivity (Wildman–Crippen MR) is 72.2 cm³/mol. The van der Waals surface area contributed by atoms with Gasteiger partial charge in [-0.25, -0.2) is 9.97 Å². The third-order valence-electron chi connectivity index (χ3n) is 2.42. The van der Waals surface area contributed by atoms with Crippen molar-refractivity contribution in [2.45, 2.75) is 19.8 Å². The molecular weight excluding hydrogens is 226 g/mol. The number of unbranched alkanes of at least 4 members (excludes halogenated alkanes) is 1. The Balaban J connectivity index is 1.99. The summed E-state index contributed by atoms with van der Waals surface area (Å²) in [6.45, 7) is 2.88. The summed E-state index contributed by atoms with van der Waals surface area (Å²) < 4.78 is 5.62. The van der Waals surface area contributed by atoms with Gasteiger partial charge in [0.25, 0.3) is 0 Å². The average molecular weight is 243 g/mol. The molecule has 94 valence electrons. The molecule has 0 fully saturated rings. The van der Waals surface area contributed by atoms with Crippen LogP contribution in [0, 0.1) is 0 Å². The SMILES string of the molecule is CCCCOc1ccnc(Nc2ccccn2)c1. The summed E-state index contributed by atoms with van der Waals surface area (Å²) >= 11 is 0. The smallest absolute Gasteiger partial charge is 0.135 e. The second kappa shape index (κ2) is 6.59. The van der Waals surface area contributed by atoms with E-state index in [0.29, 0.717) is 0 Å². The fourth-order valence-corrected chi connectivity index (χ4v) is 1.47. The van der Waals surface area contributed by atoms with Crippen LogP contribution in [0.3, 0.4) is 0 Å². The number of hydrogen-bond acceptors (Lipinski definition) is 4. The first-order valence-electron chi connectivity index (χ1n) is 6.15. The molecule has 0 aliphatic carbocycles. The highest BCUT2D eigenvalue weighted by Gasteiger charge is 1.99. The summed E-state index contributed by atoms with van der Waals surface area (Å²) in [6.07, 6.45) is 5.66. The molecule has 0 saturated heterocycles. The van der Waals surface area contributed by atoms with Crippen molar-refractivity contribution in [3.63, 3.8) is 0 Å². The molecule has 4 heteroatoms. The van der Waals surface area contributed by atoms with E-state index in [1.165, 1.54) is 0 Å². The summed E-state index contributed by atoms with van der Waals surface area (Å²) in [5.41, 5.74) is 0. The van der Waals surface area contributed by atoms with Crippen LogP contribution in [0.1, 0.15) is 19.8 Å². The Hall–Kier alpha value is -2.10. The first-order valence-corrected chi connectivity index (χ1v) is 6.15. The first-order chi connectivity index (χ1) is 8.88. The van der Waals surface area contributed by atoms with Gasteiger partial charge in [-0.05, 0) is 24.6 Å². The van der Waals surface area contributed by atoms with E-state index in [1.54, 1.807) is 12.4 Å². The van der Waals surface area contributed by atoms with Crippen LogP contribution in [0.5, 0.6) is 5.75 Å². The zero-order valence-electron chi connectivity index (χ0n) is 10.5. The van der Waals surface area contributed by atoms with E-state index in [2.05, 4.69) is 22.2 Å². The molecule has 1 N–H and O–H groups in total. The van der Waals surface area contributed by atoms with E-state index >= 15 is 0 Å². The van der Waals surface area contributed by atoms with Gasteiger partial charge in [0.2, 0.25) is 0 Å². The quantitative estimate of drug-likeness (QED) is 0.790. The minimum absolute atomic E-state index is 0.739. The average Bonchev–Trinajstić information content (AvgIpc) is 2.41. The fourth-order valence-electron chi connectivity index (χ4n) is 1.47. The van der Waals surface area contributed by atoms with Gasteiger partial charge in [-0.1, -0.05) is 19.4 Å². The second-order valence-corrected chi connectivity index (χ2v) is 3.92. The number of hydrogen-bond donors (Lipinski definition) is 1. The second-order valence-electron chi connectivity index (χ2n) is 3.92. The van der Waals surface area contributed by atoms with Gasteiger partial charge in [-0.2, -0.15) is 0 Å². The fraction of sp³-hybridized carbons (Fsp3) is 0.286. The van der Waals surface area contributed by atoms with E-state index in [4.69, 9.17) is 4.74 Å². The summed E-state index contributed by atoms with van der Waals surface area (Å²) in [4.78, 5) is 8.42. The lowest BCUT2D eigenvalue weighted by atomic mass is 10.3. The molecule has 0 spiro atoms. The molecular formula is C14H17N3O. The van der Waals surface area contributed by atoms with Crippen molar-refractivity contribution in [2.75, 3.05) is 11.9 Å². The van der Waals surface area contributed by atoms with Crippen molar-refractivity contribution in [1.29, 1.82) is 0 Å². The van der Waals surface area contributed by atoms with Gasteiger partial charge in [0.15, 0.2) is 0 Å². The lowest BCUT2D eigenvalue weighted by Gasteiger charge is -2.08. The monoisotopic (exact) mass is 243 g/mol. The number of aromatic nitrogens is 2. The van der Waals surface area contributed by atoms with Crippen molar-refractivity contribution in [2.24, 2.45) is 0 Å². The highest BCUT2D eigenvalue weighted by atomic mass is 16.5. The lowest BCUT2D eigenvalue weighted by Crippen LogP contribution is -1.99. The van der Waals surface area contributed by atoms with Gasteiger partial charge >= 0.3 is 0 Å². The highest BCUT2D eigenvalue weighted by Crippen LogP contribution is 2.17. The van der Waals surface area contributed by atoms with Gasteiger partial charge in [0.1, 0.15) is 17.4 Å². The molecule has 2 aromatic heterocycles. The summed E-state index contributed by atoms with van der Waals surface area (Å²) in [5.74, 6) is 2.34. The molecule has 0 radical (unpaired) electrons. The number of anilines is 2. The molecule has 2 aromatic rings. The predicted octanol–water partition coefficient (Wildman–Crippen LogP) is 3.40. The van der Waals surface area contributed by atoms with Crippen LogP contribution in [0.25, 0.3) is 0 Å². The summed E-state index contributed by atoms with van der Waals surface area (Å²) in [5, 5.41) is 3.13. The molecule has 2 heterocycles. The Morgan fingerprint density at radius 3 is 2.78 bits per heavy atom. The van der Waals surface area contributed by atoms with Crippen molar-refractivity contribution in [3.8, 4) is 5.75 Å². The molecule has 2 rings (SSSR count). The Morgan fingerprint density at radius 1 is 1.11 bits per heavy atom. The third kappa shape index (κ3) is 3.73. The topological polar surface area (TPSA) is 47.0 Å². The molecule has 0 amide bonds. The maximum atomic E-state index is 5.62. The zero-order valence-corrected chi connectivity index (χ0v) is 10.5. The third-order valence-corrected chi connectivity index (χ3v) is 2.42. The van der Waals surface area contributed by atoms with Crippen LogP contribution >= 0.6 is 0 Å². The van der Waals surface area contributed by atoms with E-state index in [9.17, 15) is 0 Å². The molecule has 0 aromatic carbocycles. The van der Waals surface area contributed by atoms with Crippen LogP contribution in [-0.4, -0.2) is 16.6 Å². The van der Waals surface area contributed by atoms with Gasteiger partial charge in [0.05, 0.1) is 6.61 Å². The molecule has 0 unspecified atom stereocenters. The standard InChI is InChI=1S/C14H17N3O/c1-2-3-10-18-12-7-9-16-14(11-12)17-13-6-4-5-8-15-13/h4-9,11H,2-3,10H2,1H3,(H,15,16,17). The van der Waals surface area contributed by atoms with Crippen molar-refractivity contribution in [1.82, 2.24) is 9.97 Å². The molecule has 0 atom stereocenters. The van der Waals surface area contributed by atoms with Crippen molar-refractivity contribution < 1.29 is 4.74 Å². The number of nitrogens with zero attached hydrogens (tertiary/aromatic N) is 2. The first kappa shape index (κ1) is 12.4. The largest absolute Gasteiger partial charge is 0.493 e. The normalized spacial score (nSPS) is 10.1. The Labute approximate surface area is 107 Å². The van der Waals surface area contributed by atoms with Crippen LogP contribution in [-0.2, 0) is 0 Å². The van der Waals surface area contributed by atoms with Gasteiger partial charge in [-0.3, -0.25) is 0 Å². The van der Waals surface area contributed by atoms with Crippen molar-refractivity contribution >= 4 is 11.6 Å². The minimum Gasteiger partial charge on any atom is -0.493 e. The summed E-state index contributed by atoms with van der Waals surface area (Å²) in [6, 6.07) is 9.44.